The maximum atomic E-state index is 12.0. The number of nitrogens with zero attached hydrogens (tertiary/aromatic N) is 1. The number of halogens is 3. The van der Waals surface area contributed by atoms with Gasteiger partial charge in [-0.25, -0.2) is 4.79 Å². The molecule has 2 atom stereocenters. The molecule has 26 heavy (non-hydrogen) atoms. The van der Waals surface area contributed by atoms with E-state index in [1.54, 1.807) is 12.3 Å². The van der Waals surface area contributed by atoms with E-state index in [9.17, 15) is 9.90 Å². The first-order valence-corrected chi connectivity index (χ1v) is 8.43. The van der Waals surface area contributed by atoms with Crippen LogP contribution in [-0.4, -0.2) is 41.4 Å². The summed E-state index contributed by atoms with van der Waals surface area (Å²) in [5, 5.41) is 14.6. The third-order valence-electron chi connectivity index (χ3n) is 4.37. The first-order valence-electron chi connectivity index (χ1n) is 8.05. The lowest BCUT2D eigenvalue weighted by Gasteiger charge is -2.26. The van der Waals surface area contributed by atoms with Crippen molar-refractivity contribution in [2.75, 3.05) is 13.7 Å². The van der Waals surface area contributed by atoms with Gasteiger partial charge in [-0.2, -0.15) is 0 Å². The second kappa shape index (κ2) is 10.2. The largest absolute Gasteiger partial charge is 0.465 e. The van der Waals surface area contributed by atoms with Gasteiger partial charge in [0.05, 0.1) is 35.4 Å². The van der Waals surface area contributed by atoms with Crippen LogP contribution in [0.25, 0.3) is 10.9 Å². The summed E-state index contributed by atoms with van der Waals surface area (Å²) >= 11 is 6.32. The zero-order valence-electron chi connectivity index (χ0n) is 14.4. The van der Waals surface area contributed by atoms with Crippen LogP contribution in [0.3, 0.4) is 0 Å². The molecule has 1 fully saturated rings. The van der Waals surface area contributed by atoms with Crippen LogP contribution in [0.15, 0.2) is 36.5 Å². The smallest absolute Gasteiger partial charge is 0.340 e. The number of methoxy groups -OCH3 is 1. The first kappa shape index (κ1) is 22.8. The number of rotatable bonds is 4. The van der Waals surface area contributed by atoms with Crippen molar-refractivity contribution in [3.8, 4) is 0 Å². The predicted octanol–water partition coefficient (Wildman–Crippen LogP) is 3.59. The summed E-state index contributed by atoms with van der Waals surface area (Å²) < 4.78 is 6.78. The quantitative estimate of drug-likeness (QED) is 0.585. The van der Waals surface area contributed by atoms with Crippen LogP contribution in [0.2, 0.25) is 5.02 Å². The topological polar surface area (TPSA) is 63.5 Å². The number of hydrogen-bond donors (Lipinski definition) is 2. The first-order chi connectivity index (χ1) is 11.6. The second-order valence-electron chi connectivity index (χ2n) is 5.94. The van der Waals surface area contributed by atoms with Gasteiger partial charge in [-0.15, -0.1) is 24.8 Å². The number of aliphatic hydroxyl groups is 1. The number of aromatic nitrogens is 1. The van der Waals surface area contributed by atoms with E-state index in [2.05, 4.69) is 5.32 Å². The maximum Gasteiger partial charge on any atom is 0.340 e. The summed E-state index contributed by atoms with van der Waals surface area (Å²) in [6.45, 7) is 1.47. The van der Waals surface area contributed by atoms with E-state index in [1.165, 1.54) is 7.11 Å². The van der Waals surface area contributed by atoms with E-state index < -0.39 is 0 Å². The van der Waals surface area contributed by atoms with E-state index in [-0.39, 0.29) is 42.9 Å². The Hall–Kier alpha value is -1.24. The van der Waals surface area contributed by atoms with Gasteiger partial charge in [0.25, 0.3) is 0 Å². The molecule has 0 bridgehead atoms. The number of aliphatic hydroxyl groups excluding tert-OH is 1. The molecule has 2 heterocycles. The van der Waals surface area contributed by atoms with E-state index >= 15 is 0 Å². The van der Waals surface area contributed by atoms with Gasteiger partial charge in [-0.1, -0.05) is 35.9 Å². The minimum absolute atomic E-state index is 0. The molecule has 0 unspecified atom stereocenters. The molecule has 1 aromatic heterocycles. The van der Waals surface area contributed by atoms with Crippen molar-refractivity contribution >= 4 is 53.3 Å². The van der Waals surface area contributed by atoms with Gasteiger partial charge in [0.15, 0.2) is 0 Å². The fourth-order valence-electron chi connectivity index (χ4n) is 3.14. The Morgan fingerprint density at radius 3 is 2.92 bits per heavy atom. The highest BCUT2D eigenvalue weighted by molar-refractivity contribution is 6.35. The van der Waals surface area contributed by atoms with Gasteiger partial charge in [0, 0.05) is 18.1 Å². The molecule has 144 valence electrons. The number of allylic oxidation sites excluding steroid dienone is 1. The van der Waals surface area contributed by atoms with Crippen LogP contribution in [0.4, 0.5) is 0 Å². The minimum atomic E-state index is -0.380. The molecular weight excluding hydrogens is 399 g/mol. The van der Waals surface area contributed by atoms with Gasteiger partial charge in [0.1, 0.15) is 0 Å². The summed E-state index contributed by atoms with van der Waals surface area (Å²) in [5.74, 6) is -0.380. The number of benzene rings is 1. The number of carbonyl (C=O) groups is 1. The van der Waals surface area contributed by atoms with Crippen LogP contribution >= 0.6 is 36.4 Å². The molecule has 0 aliphatic carbocycles. The fraction of sp³-hybridized carbons (Fsp3) is 0.389. The lowest BCUT2D eigenvalue weighted by Crippen LogP contribution is -2.43. The van der Waals surface area contributed by atoms with Crippen LogP contribution in [0.5, 0.6) is 0 Å². The molecular formula is C18H23Cl3N2O3. The third kappa shape index (κ3) is 4.72. The SMILES string of the molecule is COC(=O)c1cn(C/C=C/[C@H]2NCCC[C@@H]2O)c2c(Cl)cccc12.Cl.Cl. The highest BCUT2D eigenvalue weighted by Crippen LogP contribution is 2.28. The average molecular weight is 422 g/mol. The van der Waals surface area contributed by atoms with Crippen molar-refractivity contribution < 1.29 is 14.6 Å². The number of piperidine rings is 1. The number of esters is 1. The second-order valence-corrected chi connectivity index (χ2v) is 6.35. The lowest BCUT2D eigenvalue weighted by molar-refractivity contribution is 0.0602. The lowest BCUT2D eigenvalue weighted by atomic mass is 10.0. The Morgan fingerprint density at radius 2 is 2.23 bits per heavy atom. The molecule has 0 amide bonds. The zero-order chi connectivity index (χ0) is 17.1. The van der Waals surface area contributed by atoms with Crippen molar-refractivity contribution in [1.82, 2.24) is 9.88 Å². The zero-order valence-corrected chi connectivity index (χ0v) is 16.7. The number of carbonyl (C=O) groups excluding carboxylic acids is 1. The monoisotopic (exact) mass is 420 g/mol. The third-order valence-corrected chi connectivity index (χ3v) is 4.68. The summed E-state index contributed by atoms with van der Waals surface area (Å²) in [6.07, 6.45) is 7.17. The highest BCUT2D eigenvalue weighted by Gasteiger charge is 2.20. The molecule has 8 heteroatoms. The summed E-state index contributed by atoms with van der Waals surface area (Å²) in [7, 11) is 1.37. The Kier molecular flexibility index (Phi) is 8.93. The number of fused-ring (bicyclic) bond motifs is 1. The van der Waals surface area contributed by atoms with E-state index in [0.29, 0.717) is 17.1 Å². The predicted molar refractivity (Wildman–Crippen MR) is 109 cm³/mol. The summed E-state index contributed by atoms with van der Waals surface area (Å²) in [4.78, 5) is 12.0. The van der Waals surface area contributed by atoms with Crippen LogP contribution in [-0.2, 0) is 11.3 Å². The van der Waals surface area contributed by atoms with Gasteiger partial charge in [-0.3, -0.25) is 0 Å². The van der Waals surface area contributed by atoms with E-state index in [4.69, 9.17) is 16.3 Å². The number of nitrogens with one attached hydrogen (secondary N) is 1. The Labute approximate surface area is 170 Å². The molecule has 0 radical (unpaired) electrons. The van der Waals surface area contributed by atoms with Crippen molar-refractivity contribution in [3.05, 3.63) is 47.1 Å². The Bertz CT molecular complexity index is 776. The van der Waals surface area contributed by atoms with Crippen molar-refractivity contribution in [2.45, 2.75) is 31.5 Å². The Balaban J connectivity index is 0.00000169. The summed E-state index contributed by atoms with van der Waals surface area (Å²) in [6, 6.07) is 5.45. The molecule has 0 saturated carbocycles. The molecule has 1 saturated heterocycles. The van der Waals surface area contributed by atoms with Gasteiger partial charge in [-0.05, 0) is 25.5 Å². The van der Waals surface area contributed by atoms with Crippen molar-refractivity contribution in [2.24, 2.45) is 0 Å². The average Bonchev–Trinajstić information content (AvgIpc) is 2.96. The molecule has 3 rings (SSSR count). The number of hydrogen-bond acceptors (Lipinski definition) is 4. The molecule has 0 spiro atoms. The number of ether oxygens (including phenoxy) is 1. The molecule has 1 aliphatic rings. The van der Waals surface area contributed by atoms with Crippen LogP contribution < -0.4 is 5.32 Å². The number of para-hydroxylation sites is 1. The van der Waals surface area contributed by atoms with Crippen molar-refractivity contribution in [3.63, 3.8) is 0 Å². The van der Waals surface area contributed by atoms with Crippen LogP contribution in [0, 0.1) is 0 Å². The van der Waals surface area contributed by atoms with Gasteiger partial charge < -0.3 is 19.7 Å². The molecule has 1 aliphatic heterocycles. The molecule has 2 aromatic rings. The normalized spacial score (nSPS) is 19.8. The standard InChI is InChI=1S/C18H21ClN2O3.2ClH/c1-24-18(23)13-11-21(17-12(13)5-2-6-14(17)19)10-4-7-15-16(22)8-3-9-20-15;;/h2,4-7,11,15-16,20,22H,3,8-10H2,1H3;2*1H/b7-4+;;/t15-,16+;;/m1../s1. The van der Waals surface area contributed by atoms with E-state index in [0.717, 1.165) is 30.3 Å². The summed E-state index contributed by atoms with van der Waals surface area (Å²) in [5.41, 5.74) is 1.31. The van der Waals surface area contributed by atoms with Gasteiger partial charge in [0.2, 0.25) is 0 Å². The fourth-order valence-corrected chi connectivity index (χ4v) is 3.43. The Morgan fingerprint density at radius 1 is 1.46 bits per heavy atom. The van der Waals surface area contributed by atoms with Gasteiger partial charge >= 0.3 is 5.97 Å². The maximum absolute atomic E-state index is 12.0. The van der Waals surface area contributed by atoms with Crippen LogP contribution in [0.1, 0.15) is 23.2 Å². The highest BCUT2D eigenvalue weighted by atomic mass is 35.5. The van der Waals surface area contributed by atoms with Crippen molar-refractivity contribution in [1.29, 1.82) is 0 Å². The minimum Gasteiger partial charge on any atom is -0.465 e. The molecule has 1 aromatic carbocycles. The molecule has 5 nitrogen and oxygen atoms in total. The molecule has 2 N–H and O–H groups in total. The van der Waals surface area contributed by atoms with E-state index in [1.807, 2.05) is 28.9 Å².